The zero-order valence-electron chi connectivity index (χ0n) is 2.57. The van der Waals surface area contributed by atoms with Gasteiger partial charge in [0.15, 0.2) is 0 Å². The molecule has 0 aromatic rings. The molecule has 1 radical (unpaired) electrons. The number of rotatable bonds is 0. The second-order valence-electron chi connectivity index (χ2n) is 0.289. The molecule has 0 fully saturated rings. The summed E-state index contributed by atoms with van der Waals surface area (Å²) in [4.78, 5) is 0. The summed E-state index contributed by atoms with van der Waals surface area (Å²) in [5.74, 6) is 0. The first-order valence-electron chi connectivity index (χ1n) is 0.908. The molecule has 0 aromatic carbocycles. The second kappa shape index (κ2) is 8.83. The molecule has 0 saturated heterocycles. The van der Waals surface area contributed by atoms with E-state index in [0.717, 1.165) is 0 Å². The van der Waals surface area contributed by atoms with Crippen LogP contribution in [0.15, 0.2) is 0 Å². The average molecular weight is 271 g/mol. The van der Waals surface area contributed by atoms with Crippen molar-refractivity contribution in [1.82, 2.24) is 0 Å². The molecule has 0 atom stereocenters. The van der Waals surface area contributed by atoms with Crippen molar-refractivity contribution in [2.45, 2.75) is 0 Å². The van der Waals surface area contributed by atoms with Crippen LogP contribution in [-0.2, 0) is 0 Å². The molecule has 0 aliphatic carbocycles. The van der Waals surface area contributed by atoms with Gasteiger partial charge in [0.2, 0.25) is 0 Å². The van der Waals surface area contributed by atoms with Crippen molar-refractivity contribution in [1.29, 1.82) is 0 Å². The number of hydrogen-bond acceptors (Lipinski definition) is 1. The minimum atomic E-state index is 0. The minimum absolute atomic E-state index is 0. The van der Waals surface area contributed by atoms with Gasteiger partial charge in [0, 0.05) is 44.1 Å². The van der Waals surface area contributed by atoms with Crippen LogP contribution in [-0.4, -0.2) is 6.54 Å². The molecule has 0 aliphatic heterocycles. The van der Waals surface area contributed by atoms with Crippen LogP contribution in [0.1, 0.15) is 0 Å². The summed E-state index contributed by atoms with van der Waals surface area (Å²) in [6.45, 7) is 3.76. The zero-order valence-corrected chi connectivity index (χ0v) is 7.31. The van der Waals surface area contributed by atoms with Crippen LogP contribution in [0.4, 0.5) is 0 Å². The third kappa shape index (κ3) is 9.99. The van der Waals surface area contributed by atoms with E-state index in [1.807, 2.05) is 0 Å². The number of nitrogens with two attached hydrogens (primary N) is 1. The van der Waals surface area contributed by atoms with Gasteiger partial charge in [-0.1, -0.05) is 0 Å². The van der Waals surface area contributed by atoms with Gasteiger partial charge in [0.05, 0.1) is 0 Å². The van der Waals surface area contributed by atoms with Gasteiger partial charge < -0.3 is 12.7 Å². The monoisotopic (exact) mass is 271 g/mol. The third-order valence-electron chi connectivity index (χ3n) is 0. The Balaban J connectivity index is 0. The molecule has 0 amide bonds. The maximum absolute atomic E-state index is 4.74. The molecule has 0 rings (SSSR count). The fraction of sp³-hybridized carbons (Fsp3) is 0.500. The van der Waals surface area contributed by atoms with Crippen molar-refractivity contribution < 1.29 is 44.1 Å². The minimum Gasteiger partial charge on any atom is -0.360 e. The predicted molar refractivity (Wildman–Crippen MR) is 14.4 cm³/mol. The Bertz CT molecular complexity index is 6.00. The van der Waals surface area contributed by atoms with Gasteiger partial charge in [0.25, 0.3) is 0 Å². The van der Waals surface area contributed by atoms with Crippen LogP contribution in [0.2, 0.25) is 0 Å². The molecule has 2 heteroatoms. The Morgan fingerprint density at radius 1 is 1.75 bits per heavy atom. The summed E-state index contributed by atoms with van der Waals surface area (Å²) in [5, 5.41) is 0. The standard InChI is InChI=1S/C2H6N.Ac/c1-2-3;/h1-3H2;/q-1;. The first-order valence-corrected chi connectivity index (χ1v) is 0.908. The molecule has 0 unspecified atom stereocenters. The maximum Gasteiger partial charge on any atom is 0 e. The topological polar surface area (TPSA) is 26.0 Å². The third-order valence-corrected chi connectivity index (χ3v) is 0. The second-order valence-corrected chi connectivity index (χ2v) is 0.289. The van der Waals surface area contributed by atoms with E-state index in [0.29, 0.717) is 6.54 Å². The quantitative estimate of drug-likeness (QED) is 0.606. The van der Waals surface area contributed by atoms with E-state index in [4.69, 9.17) is 5.73 Å². The van der Waals surface area contributed by atoms with Gasteiger partial charge in [-0.05, 0) is 0 Å². The summed E-state index contributed by atoms with van der Waals surface area (Å²) in [6.07, 6.45) is 0. The fourth-order valence-electron chi connectivity index (χ4n) is 0. The summed E-state index contributed by atoms with van der Waals surface area (Å²) in [5.41, 5.74) is 4.74. The van der Waals surface area contributed by atoms with Crippen LogP contribution >= 0.6 is 0 Å². The van der Waals surface area contributed by atoms with E-state index in [2.05, 4.69) is 6.92 Å². The Morgan fingerprint density at radius 2 is 1.75 bits per heavy atom. The van der Waals surface area contributed by atoms with Crippen molar-refractivity contribution in [2.75, 3.05) is 6.54 Å². The van der Waals surface area contributed by atoms with Crippen molar-refractivity contribution in [3.63, 3.8) is 0 Å². The molecule has 0 bridgehead atoms. The van der Waals surface area contributed by atoms with E-state index >= 15 is 0 Å². The predicted octanol–water partition coefficient (Wildman–Crippen LogP) is -0.221. The van der Waals surface area contributed by atoms with Gasteiger partial charge in [-0.25, -0.2) is 0 Å². The molecular weight excluding hydrogens is 265 g/mol. The summed E-state index contributed by atoms with van der Waals surface area (Å²) in [7, 11) is 0. The van der Waals surface area contributed by atoms with E-state index < -0.39 is 0 Å². The molecule has 0 spiro atoms. The summed E-state index contributed by atoms with van der Waals surface area (Å²) < 4.78 is 0. The normalized spacial score (nSPS) is 4.50. The zero-order chi connectivity index (χ0) is 2.71. The van der Waals surface area contributed by atoms with Crippen molar-refractivity contribution in [2.24, 2.45) is 5.73 Å². The van der Waals surface area contributed by atoms with Crippen LogP contribution in [0.25, 0.3) is 0 Å². The molecule has 4 heavy (non-hydrogen) atoms. The molecule has 0 heterocycles. The smallest absolute Gasteiger partial charge is 0 e. The van der Waals surface area contributed by atoms with Gasteiger partial charge >= 0.3 is 0 Å². The van der Waals surface area contributed by atoms with Crippen molar-refractivity contribution in [3.05, 3.63) is 6.92 Å². The molecule has 1 nitrogen and oxygen atoms in total. The van der Waals surface area contributed by atoms with E-state index in [1.54, 1.807) is 0 Å². The Morgan fingerprint density at radius 3 is 1.75 bits per heavy atom. The van der Waals surface area contributed by atoms with Gasteiger partial charge in [-0.15, -0.1) is 6.54 Å². The SMILES string of the molecule is [Ac].[CH2-]CN. The van der Waals surface area contributed by atoms with Crippen LogP contribution in [0.3, 0.4) is 0 Å². The first-order chi connectivity index (χ1) is 1.41. The summed E-state index contributed by atoms with van der Waals surface area (Å²) >= 11 is 0. The van der Waals surface area contributed by atoms with Crippen LogP contribution in [0.5, 0.6) is 0 Å². The summed E-state index contributed by atoms with van der Waals surface area (Å²) in [6, 6.07) is 0. The average Bonchev–Trinajstić information content (AvgIpc) is 0.918. The van der Waals surface area contributed by atoms with Gasteiger partial charge in [0.1, 0.15) is 0 Å². The molecular formula is C2H6AcN-. The van der Waals surface area contributed by atoms with Gasteiger partial charge in [-0.2, -0.15) is 0 Å². The van der Waals surface area contributed by atoms with E-state index in [-0.39, 0.29) is 44.1 Å². The van der Waals surface area contributed by atoms with Crippen molar-refractivity contribution >= 4 is 0 Å². The van der Waals surface area contributed by atoms with Crippen LogP contribution in [0, 0.1) is 51.0 Å². The fourth-order valence-corrected chi connectivity index (χ4v) is 0. The molecule has 0 aliphatic rings. The van der Waals surface area contributed by atoms with E-state index in [1.165, 1.54) is 0 Å². The van der Waals surface area contributed by atoms with E-state index in [9.17, 15) is 0 Å². The molecule has 23 valence electrons. The Kier molecular flexibility index (Phi) is 20.0. The Hall–Kier alpha value is 1.40. The molecule has 0 aromatic heterocycles. The molecule has 2 N–H and O–H groups in total. The van der Waals surface area contributed by atoms with Crippen LogP contribution < -0.4 is 5.73 Å². The Labute approximate surface area is 62.5 Å². The first kappa shape index (κ1) is 9.04. The maximum atomic E-state index is 4.74. The van der Waals surface area contributed by atoms with Crippen molar-refractivity contribution in [3.8, 4) is 0 Å². The molecule has 0 saturated carbocycles. The van der Waals surface area contributed by atoms with Gasteiger partial charge in [-0.3, -0.25) is 0 Å². The number of hydrogen-bond donors (Lipinski definition) is 1. The largest absolute Gasteiger partial charge is 0.360 e.